The monoisotopic (exact) mass is 292 g/mol. The summed E-state index contributed by atoms with van der Waals surface area (Å²) in [6, 6.07) is 0. The van der Waals surface area contributed by atoms with Gasteiger partial charge in [0, 0.05) is 12.6 Å². The first-order valence-electron chi connectivity index (χ1n) is 4.37. The van der Waals surface area contributed by atoms with Gasteiger partial charge in [-0.3, -0.25) is 0 Å². The second-order valence-electron chi connectivity index (χ2n) is 4.03. The van der Waals surface area contributed by atoms with Crippen LogP contribution in [0.3, 0.4) is 0 Å². The average molecular weight is 293 g/mol. The average Bonchev–Trinajstić information content (AvgIpc) is 2.48. The zero-order chi connectivity index (χ0) is 11.6. The number of hydrogen-bond acceptors (Lipinski definition) is 4. The Morgan fingerprint density at radius 1 is 1.60 bits per heavy atom. The number of amides is 1. The van der Waals surface area contributed by atoms with E-state index in [0.717, 1.165) is 0 Å². The molecule has 0 aromatic carbocycles. The normalized spacial score (nSPS) is 11.3. The minimum absolute atomic E-state index is 0.251. The van der Waals surface area contributed by atoms with Crippen LogP contribution in [0.1, 0.15) is 20.8 Å². The van der Waals surface area contributed by atoms with Gasteiger partial charge in [-0.1, -0.05) is 11.3 Å². The molecular weight excluding hydrogens is 280 g/mol. The van der Waals surface area contributed by atoms with Gasteiger partial charge in [0.05, 0.1) is 6.20 Å². The van der Waals surface area contributed by atoms with Crippen molar-refractivity contribution in [3.8, 4) is 5.06 Å². The van der Waals surface area contributed by atoms with Gasteiger partial charge in [0.15, 0.2) is 3.92 Å². The molecule has 15 heavy (non-hydrogen) atoms. The number of hydrogen-bond donors (Lipinski definition) is 0. The lowest BCUT2D eigenvalue weighted by Crippen LogP contribution is -2.43. The van der Waals surface area contributed by atoms with Crippen molar-refractivity contribution in [2.75, 3.05) is 7.05 Å². The van der Waals surface area contributed by atoms with Gasteiger partial charge in [-0.2, -0.15) is 0 Å². The molecule has 0 spiro atoms. The molecule has 0 N–H and O–H groups in total. The lowest BCUT2D eigenvalue weighted by atomic mass is 10.1. The van der Waals surface area contributed by atoms with E-state index < -0.39 is 0 Å². The fourth-order valence-electron chi connectivity index (χ4n) is 0.715. The number of carbonyl (C=O) groups is 1. The number of thiazole rings is 1. The highest BCUT2D eigenvalue weighted by molar-refractivity contribution is 9.11. The highest BCUT2D eigenvalue weighted by atomic mass is 79.9. The Balaban J connectivity index is 2.64. The van der Waals surface area contributed by atoms with Crippen LogP contribution in [-0.2, 0) is 0 Å². The molecule has 0 aliphatic heterocycles. The molecule has 1 aromatic heterocycles. The first-order valence-corrected chi connectivity index (χ1v) is 5.98. The summed E-state index contributed by atoms with van der Waals surface area (Å²) >= 11 is 4.48. The van der Waals surface area contributed by atoms with Crippen LogP contribution in [0.25, 0.3) is 0 Å². The molecule has 1 heterocycles. The predicted molar refractivity (Wildman–Crippen MR) is 63.4 cm³/mol. The van der Waals surface area contributed by atoms with Crippen molar-refractivity contribution in [1.29, 1.82) is 0 Å². The number of rotatable bonds is 1. The highest BCUT2D eigenvalue weighted by Gasteiger charge is 2.24. The Bertz CT molecular complexity index is 359. The van der Waals surface area contributed by atoms with Crippen LogP contribution < -0.4 is 4.74 Å². The summed E-state index contributed by atoms with van der Waals surface area (Å²) in [7, 11) is 1.71. The van der Waals surface area contributed by atoms with Crippen LogP contribution in [-0.4, -0.2) is 28.6 Å². The van der Waals surface area contributed by atoms with E-state index in [1.54, 1.807) is 11.9 Å². The van der Waals surface area contributed by atoms with E-state index in [0.29, 0.717) is 8.98 Å². The molecule has 0 saturated carbocycles. The van der Waals surface area contributed by atoms with E-state index in [-0.39, 0.29) is 11.6 Å². The van der Waals surface area contributed by atoms with E-state index in [9.17, 15) is 4.79 Å². The number of aromatic nitrogens is 1. The minimum Gasteiger partial charge on any atom is -0.397 e. The molecule has 0 fully saturated rings. The molecule has 4 nitrogen and oxygen atoms in total. The smallest absolute Gasteiger partial charge is 0.397 e. The Kier molecular flexibility index (Phi) is 3.72. The van der Waals surface area contributed by atoms with Gasteiger partial charge in [-0.15, -0.1) is 0 Å². The second kappa shape index (κ2) is 4.49. The third-order valence-electron chi connectivity index (χ3n) is 1.92. The van der Waals surface area contributed by atoms with Crippen LogP contribution >= 0.6 is 27.3 Å². The molecule has 0 atom stereocenters. The van der Waals surface area contributed by atoms with E-state index in [1.807, 2.05) is 20.8 Å². The van der Waals surface area contributed by atoms with Crippen molar-refractivity contribution < 1.29 is 9.53 Å². The molecule has 0 bridgehead atoms. The van der Waals surface area contributed by atoms with Gasteiger partial charge in [0.1, 0.15) is 0 Å². The van der Waals surface area contributed by atoms with Gasteiger partial charge < -0.3 is 9.64 Å². The van der Waals surface area contributed by atoms with Gasteiger partial charge in [-0.25, -0.2) is 9.78 Å². The molecule has 84 valence electrons. The van der Waals surface area contributed by atoms with Gasteiger partial charge in [0.2, 0.25) is 5.06 Å². The van der Waals surface area contributed by atoms with Crippen molar-refractivity contribution >= 4 is 33.4 Å². The van der Waals surface area contributed by atoms with E-state index in [1.165, 1.54) is 17.5 Å². The lowest BCUT2D eigenvalue weighted by Gasteiger charge is -2.30. The van der Waals surface area contributed by atoms with E-state index >= 15 is 0 Å². The van der Waals surface area contributed by atoms with Crippen LogP contribution in [0.4, 0.5) is 4.79 Å². The maximum absolute atomic E-state index is 11.6. The van der Waals surface area contributed by atoms with E-state index in [4.69, 9.17) is 4.74 Å². The standard InChI is InChI=1S/C9H13BrN2O2S/c1-9(2,3)12(4)8(13)14-6-5-11-7(10)15-6/h5H,1-4H3. The van der Waals surface area contributed by atoms with Gasteiger partial charge in [0.25, 0.3) is 0 Å². The molecule has 1 aromatic rings. The molecule has 1 rings (SSSR count). The van der Waals surface area contributed by atoms with Crippen molar-refractivity contribution in [2.24, 2.45) is 0 Å². The Hall–Kier alpha value is -0.620. The van der Waals surface area contributed by atoms with E-state index in [2.05, 4.69) is 20.9 Å². The summed E-state index contributed by atoms with van der Waals surface area (Å²) in [5.41, 5.74) is -0.251. The zero-order valence-corrected chi connectivity index (χ0v) is 11.5. The SMILES string of the molecule is CN(C(=O)Oc1cnc(Br)s1)C(C)(C)C. The quantitative estimate of drug-likeness (QED) is 0.799. The number of nitrogens with zero attached hydrogens (tertiary/aromatic N) is 2. The number of halogens is 1. The lowest BCUT2D eigenvalue weighted by molar-refractivity contribution is 0.125. The number of ether oxygens (including phenoxy) is 1. The maximum Gasteiger partial charge on any atom is 0.416 e. The summed E-state index contributed by atoms with van der Waals surface area (Å²) in [5.74, 6) is 0. The Morgan fingerprint density at radius 3 is 2.60 bits per heavy atom. The first-order chi connectivity index (χ1) is 6.80. The molecule has 0 aliphatic carbocycles. The molecular formula is C9H13BrN2O2S. The van der Waals surface area contributed by atoms with Crippen LogP contribution in [0.5, 0.6) is 5.06 Å². The summed E-state index contributed by atoms with van der Waals surface area (Å²) in [5, 5.41) is 0.489. The predicted octanol–water partition coefficient (Wildman–Crippen LogP) is 3.13. The van der Waals surface area contributed by atoms with Crippen molar-refractivity contribution in [3.63, 3.8) is 0 Å². The molecule has 6 heteroatoms. The molecule has 0 aliphatic rings. The van der Waals surface area contributed by atoms with Gasteiger partial charge in [-0.05, 0) is 36.7 Å². The summed E-state index contributed by atoms with van der Waals surface area (Å²) in [4.78, 5) is 17.1. The summed E-state index contributed by atoms with van der Waals surface area (Å²) in [6.45, 7) is 5.82. The fourth-order valence-corrected chi connectivity index (χ4v) is 1.79. The topological polar surface area (TPSA) is 42.4 Å². The second-order valence-corrected chi connectivity index (χ2v) is 6.30. The largest absolute Gasteiger partial charge is 0.416 e. The Labute approximate surface area is 101 Å². The van der Waals surface area contributed by atoms with Crippen LogP contribution in [0, 0.1) is 0 Å². The van der Waals surface area contributed by atoms with Crippen molar-refractivity contribution in [2.45, 2.75) is 26.3 Å². The fraction of sp³-hybridized carbons (Fsp3) is 0.556. The number of carbonyl (C=O) groups excluding carboxylic acids is 1. The first kappa shape index (κ1) is 12.4. The van der Waals surface area contributed by atoms with Crippen molar-refractivity contribution in [3.05, 3.63) is 10.1 Å². The van der Waals surface area contributed by atoms with Crippen LogP contribution in [0.2, 0.25) is 0 Å². The third-order valence-corrected chi connectivity index (χ3v) is 3.28. The highest BCUT2D eigenvalue weighted by Crippen LogP contribution is 2.26. The van der Waals surface area contributed by atoms with Gasteiger partial charge >= 0.3 is 6.09 Å². The minimum atomic E-state index is -0.376. The van der Waals surface area contributed by atoms with Crippen LogP contribution in [0.15, 0.2) is 10.1 Å². The Morgan fingerprint density at radius 2 is 2.20 bits per heavy atom. The molecule has 0 unspecified atom stereocenters. The zero-order valence-electron chi connectivity index (χ0n) is 9.07. The molecule has 0 saturated heterocycles. The summed E-state index contributed by atoms with van der Waals surface area (Å²) in [6.07, 6.45) is 1.14. The maximum atomic E-state index is 11.6. The van der Waals surface area contributed by atoms with Crippen molar-refractivity contribution in [1.82, 2.24) is 9.88 Å². The summed E-state index contributed by atoms with van der Waals surface area (Å²) < 4.78 is 5.83. The molecule has 1 amide bonds. The third kappa shape index (κ3) is 3.46. The molecule has 0 radical (unpaired) electrons.